The maximum Gasteiger partial charge on any atom is 0.145 e. The number of pyridine rings is 2. The fourth-order valence-electron chi connectivity index (χ4n) is 6.81. The van der Waals surface area contributed by atoms with Crippen LogP contribution in [0.25, 0.3) is 76.9 Å². The Balaban J connectivity index is 1.13. The Morgan fingerprint density at radius 2 is 1.36 bits per heavy atom. The number of aromatic nitrogens is 4. The van der Waals surface area contributed by atoms with E-state index in [4.69, 9.17) is 14.1 Å². The third kappa shape index (κ3) is 3.19. The van der Waals surface area contributed by atoms with Crippen LogP contribution < -0.4 is 4.74 Å². The van der Waals surface area contributed by atoms with E-state index in [2.05, 4.69) is 86.7 Å². The fraction of sp³-hybridized carbons (Fsp3) is 0. The summed E-state index contributed by atoms with van der Waals surface area (Å²) in [4.78, 5) is 9.50. The molecule has 0 fully saturated rings. The van der Waals surface area contributed by atoms with Crippen LogP contribution in [-0.4, -0.2) is 18.9 Å². The molecule has 0 radical (unpaired) electrons. The molecule has 0 amide bonds. The predicted octanol–water partition coefficient (Wildman–Crippen LogP) is 9.82. The Bertz CT molecular complexity index is 2770. The highest BCUT2D eigenvalue weighted by Gasteiger charge is 2.19. The van der Waals surface area contributed by atoms with Crippen LogP contribution in [-0.2, 0) is 0 Å². The van der Waals surface area contributed by atoms with E-state index in [9.17, 15) is 0 Å². The van der Waals surface area contributed by atoms with Gasteiger partial charge in [0.05, 0.1) is 22.1 Å². The number of fused-ring (bicyclic) bond motifs is 13. The summed E-state index contributed by atoms with van der Waals surface area (Å²) in [6, 6.07) is 39.4. The second kappa shape index (κ2) is 8.69. The van der Waals surface area contributed by atoms with Crippen molar-refractivity contribution in [2.75, 3.05) is 0 Å². The minimum Gasteiger partial charge on any atom is -0.457 e. The molecule has 6 heteroatoms. The molecule has 0 saturated carbocycles. The van der Waals surface area contributed by atoms with Crippen LogP contribution in [0.4, 0.5) is 0 Å². The Labute approximate surface area is 250 Å². The van der Waals surface area contributed by atoms with Crippen LogP contribution in [0.3, 0.4) is 0 Å². The highest BCUT2D eigenvalue weighted by atomic mass is 16.5. The van der Waals surface area contributed by atoms with Crippen molar-refractivity contribution in [1.82, 2.24) is 18.9 Å². The maximum absolute atomic E-state index is 6.51. The van der Waals surface area contributed by atoms with Crippen molar-refractivity contribution < 1.29 is 9.15 Å². The summed E-state index contributed by atoms with van der Waals surface area (Å²) in [5, 5.41) is 7.68. The van der Waals surface area contributed by atoms with Gasteiger partial charge in [-0.2, -0.15) is 0 Å². The van der Waals surface area contributed by atoms with Crippen molar-refractivity contribution >= 4 is 71.2 Å². The summed E-state index contributed by atoms with van der Waals surface area (Å²) in [5.41, 5.74) is 6.65. The van der Waals surface area contributed by atoms with Gasteiger partial charge in [0.1, 0.15) is 34.0 Å². The zero-order valence-corrected chi connectivity index (χ0v) is 23.3. The zero-order valence-electron chi connectivity index (χ0n) is 23.3. The Morgan fingerprint density at radius 3 is 2.34 bits per heavy atom. The first kappa shape index (κ1) is 23.4. The molecular formula is C38H22N4O2. The molecule has 10 aromatic rings. The van der Waals surface area contributed by atoms with Crippen molar-refractivity contribution in [3.63, 3.8) is 0 Å². The molecule has 0 aliphatic carbocycles. The molecule has 5 aromatic carbocycles. The van der Waals surface area contributed by atoms with Crippen molar-refractivity contribution in [3.8, 4) is 17.2 Å². The van der Waals surface area contributed by atoms with Crippen molar-refractivity contribution in [2.45, 2.75) is 0 Å². The summed E-state index contributed by atoms with van der Waals surface area (Å²) in [6.07, 6.45) is 5.69. The van der Waals surface area contributed by atoms with Crippen LogP contribution >= 0.6 is 0 Å². The third-order valence-electron chi connectivity index (χ3n) is 8.67. The molecule has 0 saturated heterocycles. The molecule has 10 rings (SSSR count). The monoisotopic (exact) mass is 566 g/mol. The Morgan fingerprint density at radius 1 is 0.545 bits per heavy atom. The lowest BCUT2D eigenvalue weighted by molar-refractivity contribution is 0.483. The van der Waals surface area contributed by atoms with E-state index in [0.717, 1.165) is 83.0 Å². The van der Waals surface area contributed by atoms with Gasteiger partial charge in [0.2, 0.25) is 0 Å². The molecule has 44 heavy (non-hydrogen) atoms. The van der Waals surface area contributed by atoms with Crippen molar-refractivity contribution in [1.29, 1.82) is 0 Å². The van der Waals surface area contributed by atoms with Gasteiger partial charge in [-0.05, 0) is 72.1 Å². The molecule has 0 unspecified atom stereocenters. The number of hydrogen-bond acceptors (Lipinski definition) is 4. The molecule has 0 spiro atoms. The highest BCUT2D eigenvalue weighted by Crippen LogP contribution is 2.40. The number of ether oxygens (including phenoxy) is 1. The van der Waals surface area contributed by atoms with E-state index in [1.165, 1.54) is 5.39 Å². The topological polar surface area (TPSA) is 57.5 Å². The summed E-state index contributed by atoms with van der Waals surface area (Å²) < 4.78 is 17.3. The molecule has 206 valence electrons. The number of nitrogens with zero attached hydrogens (tertiary/aromatic N) is 4. The van der Waals surface area contributed by atoms with Crippen LogP contribution in [0.5, 0.6) is 11.5 Å². The summed E-state index contributed by atoms with van der Waals surface area (Å²) >= 11 is 0. The second-order valence-electron chi connectivity index (χ2n) is 11.1. The second-order valence-corrected chi connectivity index (χ2v) is 11.1. The van der Waals surface area contributed by atoms with E-state index >= 15 is 0 Å². The summed E-state index contributed by atoms with van der Waals surface area (Å²) in [6.45, 7) is 0. The first-order chi connectivity index (χ1) is 21.8. The van der Waals surface area contributed by atoms with Gasteiger partial charge in [-0.3, -0.25) is 8.97 Å². The van der Waals surface area contributed by atoms with Crippen LogP contribution in [0.15, 0.2) is 138 Å². The Hall–Kier alpha value is -6.14. The maximum atomic E-state index is 6.51. The standard InChI is InChI=1S/C38H22N4O2/c1-3-12-32-27(9-1)26-15-14-25(22-31(26)37-40-19-20-41(32)37)43-24-8-5-7-23(21-24)42-33-17-16-29-28-10-2-4-13-34(28)44-36(29)35(33)30-11-6-18-39-38(30)42/h1-22H. The van der Waals surface area contributed by atoms with Crippen LogP contribution in [0.1, 0.15) is 0 Å². The summed E-state index contributed by atoms with van der Waals surface area (Å²) in [7, 11) is 0. The molecule has 5 heterocycles. The first-order valence-electron chi connectivity index (χ1n) is 14.6. The lowest BCUT2D eigenvalue weighted by Crippen LogP contribution is -1.96. The van der Waals surface area contributed by atoms with Gasteiger partial charge in [-0.1, -0.05) is 42.5 Å². The zero-order chi connectivity index (χ0) is 28.8. The van der Waals surface area contributed by atoms with Gasteiger partial charge in [0, 0.05) is 51.6 Å². The number of hydrogen-bond donors (Lipinski definition) is 0. The normalized spacial score (nSPS) is 12.1. The van der Waals surface area contributed by atoms with E-state index in [1.807, 2.05) is 61.1 Å². The molecule has 0 bridgehead atoms. The van der Waals surface area contributed by atoms with Crippen LogP contribution in [0, 0.1) is 0 Å². The van der Waals surface area contributed by atoms with Gasteiger partial charge < -0.3 is 9.15 Å². The van der Waals surface area contributed by atoms with E-state index < -0.39 is 0 Å². The molecule has 6 nitrogen and oxygen atoms in total. The highest BCUT2D eigenvalue weighted by molar-refractivity contribution is 6.23. The van der Waals surface area contributed by atoms with Gasteiger partial charge in [0.25, 0.3) is 0 Å². The summed E-state index contributed by atoms with van der Waals surface area (Å²) in [5.74, 6) is 1.48. The van der Waals surface area contributed by atoms with Gasteiger partial charge in [-0.15, -0.1) is 0 Å². The Kier molecular flexibility index (Phi) is 4.63. The molecule has 0 aliphatic heterocycles. The number of imidazole rings is 1. The number of benzene rings is 5. The average molecular weight is 567 g/mol. The fourth-order valence-corrected chi connectivity index (χ4v) is 6.81. The van der Waals surface area contributed by atoms with Gasteiger partial charge in [-0.25, -0.2) is 9.97 Å². The molecule has 0 aliphatic rings. The quantitative estimate of drug-likeness (QED) is 0.200. The average Bonchev–Trinajstić information content (AvgIpc) is 3.79. The molecule has 5 aromatic heterocycles. The SMILES string of the molecule is c1cc(Oc2ccc3c4ccccc4n4ccnc4c3c2)cc(-n2c3ccc4c5ccccc5oc4c3c3cccnc32)c1. The van der Waals surface area contributed by atoms with E-state index in [0.29, 0.717) is 0 Å². The minimum atomic E-state index is 0.734. The largest absolute Gasteiger partial charge is 0.457 e. The van der Waals surface area contributed by atoms with E-state index in [1.54, 1.807) is 0 Å². The number of para-hydroxylation sites is 2. The molecule has 0 N–H and O–H groups in total. The number of rotatable bonds is 3. The number of furan rings is 1. The predicted molar refractivity (Wildman–Crippen MR) is 176 cm³/mol. The van der Waals surface area contributed by atoms with Crippen LogP contribution in [0.2, 0.25) is 0 Å². The minimum absolute atomic E-state index is 0.734. The third-order valence-corrected chi connectivity index (χ3v) is 8.67. The van der Waals surface area contributed by atoms with Crippen molar-refractivity contribution in [3.05, 3.63) is 134 Å². The van der Waals surface area contributed by atoms with Gasteiger partial charge >= 0.3 is 0 Å². The first-order valence-corrected chi connectivity index (χ1v) is 14.6. The lowest BCUT2D eigenvalue weighted by Gasteiger charge is -2.12. The lowest BCUT2D eigenvalue weighted by atomic mass is 10.1. The van der Waals surface area contributed by atoms with Crippen molar-refractivity contribution in [2.24, 2.45) is 0 Å². The smallest absolute Gasteiger partial charge is 0.145 e. The van der Waals surface area contributed by atoms with Gasteiger partial charge in [0.15, 0.2) is 0 Å². The van der Waals surface area contributed by atoms with E-state index in [-0.39, 0.29) is 0 Å². The molecule has 0 atom stereocenters. The molecular weight excluding hydrogens is 544 g/mol.